The number of sulfonamides is 1. The lowest BCUT2D eigenvalue weighted by Crippen LogP contribution is -2.40. The Balaban J connectivity index is 1.40. The summed E-state index contributed by atoms with van der Waals surface area (Å²) in [4.78, 5) is 15.0. The molecule has 0 saturated carbocycles. The Kier molecular flexibility index (Phi) is 5.72. The molecule has 0 aliphatic carbocycles. The van der Waals surface area contributed by atoms with E-state index in [-0.39, 0.29) is 16.8 Å². The van der Waals surface area contributed by atoms with E-state index >= 15 is 0 Å². The third-order valence-corrected chi connectivity index (χ3v) is 7.55. The molecule has 6 nitrogen and oxygen atoms in total. The molecule has 2 aliphatic rings. The first-order valence-corrected chi connectivity index (χ1v) is 11.5. The molecule has 154 valence electrons. The van der Waals surface area contributed by atoms with Crippen LogP contribution >= 0.6 is 0 Å². The molecule has 0 radical (unpaired) electrons. The molecule has 2 heterocycles. The number of hydrogen-bond acceptors (Lipinski definition) is 4. The molecule has 0 spiro atoms. The number of morpholine rings is 1. The van der Waals surface area contributed by atoms with Crippen LogP contribution in [0.15, 0.2) is 53.4 Å². The van der Waals surface area contributed by atoms with Crippen molar-refractivity contribution in [3.05, 3.63) is 59.7 Å². The summed E-state index contributed by atoms with van der Waals surface area (Å²) in [6.45, 7) is 3.69. The predicted molar refractivity (Wildman–Crippen MR) is 111 cm³/mol. The highest BCUT2D eigenvalue weighted by atomic mass is 32.2. The fraction of sp³-hybridized carbons (Fsp3) is 0.409. The third-order valence-electron chi connectivity index (χ3n) is 5.63. The molecule has 29 heavy (non-hydrogen) atoms. The third kappa shape index (κ3) is 4.08. The number of fused-ring (bicyclic) bond motifs is 1. The average Bonchev–Trinajstić information content (AvgIpc) is 3.08. The van der Waals surface area contributed by atoms with Crippen molar-refractivity contribution < 1.29 is 17.9 Å². The normalized spacial score (nSPS) is 19.9. The van der Waals surface area contributed by atoms with Gasteiger partial charge in [0.05, 0.1) is 18.1 Å². The minimum Gasteiger partial charge on any atom is -0.379 e. The maximum atomic E-state index is 12.8. The molecule has 2 aliphatic heterocycles. The number of aryl methyl sites for hydroxylation is 1. The van der Waals surface area contributed by atoms with Gasteiger partial charge in [0.1, 0.15) is 0 Å². The highest BCUT2D eigenvalue weighted by Gasteiger charge is 2.30. The SMILES string of the molecule is C[C@H]1Cc2ccccc2N1C(=O)CCc1ccc(S(=O)(=O)N2CCOCC2)cc1. The zero-order chi connectivity index (χ0) is 20.4. The molecular weight excluding hydrogens is 388 g/mol. The summed E-state index contributed by atoms with van der Waals surface area (Å²) in [7, 11) is -3.49. The van der Waals surface area contributed by atoms with Gasteiger partial charge >= 0.3 is 0 Å². The van der Waals surface area contributed by atoms with Crippen LogP contribution in [0, 0.1) is 0 Å². The zero-order valence-electron chi connectivity index (χ0n) is 16.6. The second kappa shape index (κ2) is 8.26. The minimum absolute atomic E-state index is 0.104. The second-order valence-electron chi connectivity index (χ2n) is 7.61. The van der Waals surface area contributed by atoms with Crippen LogP contribution in [-0.2, 0) is 32.4 Å². The topological polar surface area (TPSA) is 66.9 Å². The monoisotopic (exact) mass is 414 g/mol. The van der Waals surface area contributed by atoms with Crippen molar-refractivity contribution in [3.63, 3.8) is 0 Å². The van der Waals surface area contributed by atoms with E-state index in [1.165, 1.54) is 9.87 Å². The Bertz CT molecular complexity index is 982. The van der Waals surface area contributed by atoms with Crippen molar-refractivity contribution in [2.75, 3.05) is 31.2 Å². The van der Waals surface area contributed by atoms with Gasteiger partial charge in [0.25, 0.3) is 0 Å². The van der Waals surface area contributed by atoms with Crippen molar-refractivity contribution in [1.29, 1.82) is 0 Å². The van der Waals surface area contributed by atoms with Crippen LogP contribution in [0.2, 0.25) is 0 Å². The Labute approximate surface area is 172 Å². The lowest BCUT2D eigenvalue weighted by atomic mass is 10.1. The maximum Gasteiger partial charge on any atom is 0.243 e. The molecule has 0 unspecified atom stereocenters. The van der Waals surface area contributed by atoms with Crippen LogP contribution in [0.1, 0.15) is 24.5 Å². The van der Waals surface area contributed by atoms with E-state index in [9.17, 15) is 13.2 Å². The highest BCUT2D eigenvalue weighted by Crippen LogP contribution is 2.32. The predicted octanol–water partition coefficient (Wildman–Crippen LogP) is 2.62. The highest BCUT2D eigenvalue weighted by molar-refractivity contribution is 7.89. The number of amides is 1. The van der Waals surface area contributed by atoms with Gasteiger partial charge in [0.2, 0.25) is 15.9 Å². The van der Waals surface area contributed by atoms with Crippen molar-refractivity contribution in [3.8, 4) is 0 Å². The molecule has 1 atom stereocenters. The quantitative estimate of drug-likeness (QED) is 0.754. The van der Waals surface area contributed by atoms with Gasteiger partial charge in [-0.2, -0.15) is 4.31 Å². The first-order valence-electron chi connectivity index (χ1n) is 10.0. The second-order valence-corrected chi connectivity index (χ2v) is 9.54. The molecule has 1 fully saturated rings. The first-order chi connectivity index (χ1) is 14.0. The molecule has 2 aromatic carbocycles. The first kappa shape index (κ1) is 20.1. The van der Waals surface area contributed by atoms with Crippen LogP contribution in [0.25, 0.3) is 0 Å². The molecule has 0 bridgehead atoms. The van der Waals surface area contributed by atoms with Gasteiger partial charge in [-0.25, -0.2) is 8.42 Å². The van der Waals surface area contributed by atoms with E-state index in [0.717, 1.165) is 17.7 Å². The summed E-state index contributed by atoms with van der Waals surface area (Å²) in [5.41, 5.74) is 3.18. The number of benzene rings is 2. The molecule has 1 amide bonds. The Hall–Kier alpha value is -2.22. The zero-order valence-corrected chi connectivity index (χ0v) is 17.4. The van der Waals surface area contributed by atoms with Crippen LogP contribution in [0.3, 0.4) is 0 Å². The number of carbonyl (C=O) groups excluding carboxylic acids is 1. The standard InChI is InChI=1S/C22H26N2O4S/c1-17-16-19-4-2-3-5-21(19)24(17)22(25)11-8-18-6-9-20(10-7-18)29(26,27)23-12-14-28-15-13-23/h2-7,9-10,17H,8,11-16H2,1H3/t17-/m0/s1. The number of hydrogen-bond donors (Lipinski definition) is 0. The van der Waals surface area contributed by atoms with Crippen molar-refractivity contribution in [2.45, 2.75) is 37.1 Å². The summed E-state index contributed by atoms with van der Waals surface area (Å²) in [6.07, 6.45) is 1.87. The average molecular weight is 415 g/mol. The number of carbonyl (C=O) groups is 1. The number of ether oxygens (including phenoxy) is 1. The van der Waals surface area contributed by atoms with Crippen LogP contribution < -0.4 is 4.90 Å². The summed E-state index contributed by atoms with van der Waals surface area (Å²) in [5, 5.41) is 0. The Morgan fingerprint density at radius 2 is 1.76 bits per heavy atom. The van der Waals surface area contributed by atoms with Gasteiger partial charge in [-0.05, 0) is 49.1 Å². The minimum atomic E-state index is -3.49. The number of nitrogens with zero attached hydrogens (tertiary/aromatic N) is 2. The molecule has 2 aromatic rings. The summed E-state index contributed by atoms with van der Waals surface area (Å²) >= 11 is 0. The van der Waals surface area contributed by atoms with Gasteiger partial charge in [-0.15, -0.1) is 0 Å². The van der Waals surface area contributed by atoms with E-state index in [4.69, 9.17) is 4.74 Å². The van der Waals surface area contributed by atoms with Gasteiger partial charge in [-0.1, -0.05) is 30.3 Å². The van der Waals surface area contributed by atoms with Crippen molar-refractivity contribution in [2.24, 2.45) is 0 Å². The molecule has 1 saturated heterocycles. The summed E-state index contributed by atoms with van der Waals surface area (Å²) in [6, 6.07) is 15.1. The Morgan fingerprint density at radius 3 is 2.48 bits per heavy atom. The largest absolute Gasteiger partial charge is 0.379 e. The van der Waals surface area contributed by atoms with E-state index < -0.39 is 10.0 Å². The van der Waals surface area contributed by atoms with Gasteiger partial charge < -0.3 is 9.64 Å². The van der Waals surface area contributed by atoms with Gasteiger partial charge in [0, 0.05) is 31.2 Å². The van der Waals surface area contributed by atoms with Crippen LogP contribution in [-0.4, -0.2) is 51.0 Å². The number of anilines is 1. The molecule has 0 aromatic heterocycles. The van der Waals surface area contributed by atoms with Crippen molar-refractivity contribution >= 4 is 21.6 Å². The maximum absolute atomic E-state index is 12.8. The van der Waals surface area contributed by atoms with Crippen molar-refractivity contribution in [1.82, 2.24) is 4.31 Å². The summed E-state index contributed by atoms with van der Waals surface area (Å²) < 4.78 is 32.1. The molecular formula is C22H26N2O4S. The number of para-hydroxylation sites is 1. The van der Waals surface area contributed by atoms with E-state index in [0.29, 0.717) is 39.1 Å². The van der Waals surface area contributed by atoms with E-state index in [1.54, 1.807) is 12.1 Å². The van der Waals surface area contributed by atoms with Crippen LogP contribution in [0.5, 0.6) is 0 Å². The fourth-order valence-corrected chi connectivity index (χ4v) is 5.49. The van der Waals surface area contributed by atoms with E-state index in [2.05, 4.69) is 13.0 Å². The lowest BCUT2D eigenvalue weighted by molar-refractivity contribution is -0.118. The molecule has 4 rings (SSSR count). The number of rotatable bonds is 5. The molecule has 7 heteroatoms. The van der Waals surface area contributed by atoms with E-state index in [1.807, 2.05) is 35.2 Å². The molecule has 0 N–H and O–H groups in total. The van der Waals surface area contributed by atoms with Gasteiger partial charge in [-0.3, -0.25) is 4.79 Å². The fourth-order valence-electron chi connectivity index (χ4n) is 4.08. The lowest BCUT2D eigenvalue weighted by Gasteiger charge is -2.26. The van der Waals surface area contributed by atoms with Crippen LogP contribution in [0.4, 0.5) is 5.69 Å². The Morgan fingerprint density at radius 1 is 1.07 bits per heavy atom. The van der Waals surface area contributed by atoms with Gasteiger partial charge in [0.15, 0.2) is 0 Å². The summed E-state index contributed by atoms with van der Waals surface area (Å²) in [5.74, 6) is 0.104. The smallest absolute Gasteiger partial charge is 0.243 e.